The average molecular weight is 552 g/mol. The van der Waals surface area contributed by atoms with Gasteiger partial charge in [-0.15, -0.1) is 0 Å². The Labute approximate surface area is 231 Å². The Morgan fingerprint density at radius 1 is 0.872 bits per heavy atom. The van der Waals surface area contributed by atoms with E-state index in [1.165, 1.54) is 19.2 Å². The number of ether oxygens (including phenoxy) is 5. The molecule has 1 aromatic rings. The van der Waals surface area contributed by atoms with E-state index in [9.17, 15) is 19.2 Å². The summed E-state index contributed by atoms with van der Waals surface area (Å²) in [6, 6.07) is 4.62. The smallest absolute Gasteiger partial charge is 0.468 e. The molecule has 39 heavy (non-hydrogen) atoms. The highest BCUT2D eigenvalue weighted by Crippen LogP contribution is 2.35. The molecule has 0 aliphatic carbocycles. The van der Waals surface area contributed by atoms with Gasteiger partial charge in [0.15, 0.2) is 11.5 Å². The normalized spacial score (nSPS) is 14.0. The maximum Gasteiger partial charge on any atom is 0.508 e. The number of benzene rings is 1. The third-order valence-electron chi connectivity index (χ3n) is 7.04. The Morgan fingerprint density at radius 2 is 1.41 bits per heavy atom. The summed E-state index contributed by atoms with van der Waals surface area (Å²) in [4.78, 5) is 50.2. The van der Waals surface area contributed by atoms with Crippen LogP contribution in [-0.2, 0) is 35.0 Å². The Bertz CT molecular complexity index is 1020. The molecule has 2 atom stereocenters. The lowest BCUT2D eigenvalue weighted by molar-refractivity contribution is -0.148. The molecule has 0 amide bonds. The first kappa shape index (κ1) is 33.9. The molecule has 10 nitrogen and oxygen atoms in total. The minimum Gasteiger partial charge on any atom is -0.468 e. The van der Waals surface area contributed by atoms with Crippen molar-refractivity contribution in [2.24, 2.45) is 16.6 Å². The van der Waals surface area contributed by atoms with E-state index in [-0.39, 0.29) is 37.1 Å². The molecule has 0 saturated heterocycles. The number of carbonyl (C=O) groups is 4. The van der Waals surface area contributed by atoms with Crippen LogP contribution in [0, 0.1) is 10.8 Å². The molecule has 1 rings (SSSR count). The Morgan fingerprint density at radius 3 is 1.90 bits per heavy atom. The SMILES string of the molecule is CC[C@H](C)OC(=O)OCC[C@@](N)(Cc1ccc(OC(=O)C(C)(C)CC)c(OC(=O)C(C)(C)CC)c1)C(=O)OC. The first-order valence-electron chi connectivity index (χ1n) is 13.3. The molecule has 220 valence electrons. The van der Waals surface area contributed by atoms with Crippen LogP contribution in [0.2, 0.25) is 0 Å². The number of methoxy groups -OCH3 is 1. The second kappa shape index (κ2) is 14.3. The molecule has 10 heteroatoms. The van der Waals surface area contributed by atoms with E-state index in [0.29, 0.717) is 24.8 Å². The lowest BCUT2D eigenvalue weighted by atomic mass is 9.88. The molecular formula is C29H45NO9. The van der Waals surface area contributed by atoms with Crippen molar-refractivity contribution in [1.29, 1.82) is 0 Å². The predicted octanol–water partition coefficient (Wildman–Crippen LogP) is 5.12. The van der Waals surface area contributed by atoms with Crippen LogP contribution >= 0.6 is 0 Å². The fourth-order valence-corrected chi connectivity index (χ4v) is 3.02. The van der Waals surface area contributed by atoms with Crippen LogP contribution in [0.25, 0.3) is 0 Å². The summed E-state index contributed by atoms with van der Waals surface area (Å²) in [6.45, 7) is 14.2. The molecule has 0 spiro atoms. The summed E-state index contributed by atoms with van der Waals surface area (Å²) in [5.41, 5.74) is 3.83. The zero-order valence-corrected chi connectivity index (χ0v) is 24.8. The minimum atomic E-state index is -1.57. The number of esters is 3. The van der Waals surface area contributed by atoms with Gasteiger partial charge in [0.05, 0.1) is 24.5 Å². The number of rotatable bonds is 14. The zero-order valence-electron chi connectivity index (χ0n) is 24.8. The largest absolute Gasteiger partial charge is 0.508 e. The van der Waals surface area contributed by atoms with Gasteiger partial charge < -0.3 is 29.4 Å². The molecule has 0 bridgehead atoms. The van der Waals surface area contributed by atoms with Crippen LogP contribution in [0.5, 0.6) is 11.5 Å². The van der Waals surface area contributed by atoms with Gasteiger partial charge in [-0.05, 0) is 71.6 Å². The highest BCUT2D eigenvalue weighted by molar-refractivity contribution is 5.82. The fourth-order valence-electron chi connectivity index (χ4n) is 3.02. The molecule has 0 aliphatic heterocycles. The summed E-state index contributed by atoms with van der Waals surface area (Å²) >= 11 is 0. The van der Waals surface area contributed by atoms with Gasteiger partial charge in [-0.3, -0.25) is 14.4 Å². The summed E-state index contributed by atoms with van der Waals surface area (Å²) in [6.07, 6.45) is 0.428. The lowest BCUT2D eigenvalue weighted by Gasteiger charge is -2.27. The monoisotopic (exact) mass is 551 g/mol. The van der Waals surface area contributed by atoms with Crippen LogP contribution < -0.4 is 15.2 Å². The van der Waals surface area contributed by atoms with Gasteiger partial charge in [0.1, 0.15) is 11.6 Å². The molecular weight excluding hydrogens is 506 g/mol. The highest BCUT2D eigenvalue weighted by atomic mass is 16.7. The van der Waals surface area contributed by atoms with Crippen LogP contribution in [-0.4, -0.2) is 49.4 Å². The molecule has 2 N–H and O–H groups in total. The van der Waals surface area contributed by atoms with Crippen LogP contribution in [0.3, 0.4) is 0 Å². The van der Waals surface area contributed by atoms with Gasteiger partial charge in [-0.2, -0.15) is 0 Å². The van der Waals surface area contributed by atoms with E-state index < -0.39 is 40.4 Å². The van der Waals surface area contributed by atoms with Crippen molar-refractivity contribution in [3.05, 3.63) is 23.8 Å². The third kappa shape index (κ3) is 9.84. The van der Waals surface area contributed by atoms with Gasteiger partial charge in [0, 0.05) is 12.8 Å². The summed E-state index contributed by atoms with van der Waals surface area (Å²) in [5, 5.41) is 0. The van der Waals surface area contributed by atoms with Gasteiger partial charge in [-0.25, -0.2) is 4.79 Å². The van der Waals surface area contributed by atoms with Crippen molar-refractivity contribution in [2.45, 2.75) is 99.1 Å². The quantitative estimate of drug-likeness (QED) is 0.244. The van der Waals surface area contributed by atoms with E-state index in [0.717, 1.165) is 0 Å². The maximum atomic E-state index is 12.9. The Kier molecular flexibility index (Phi) is 12.4. The average Bonchev–Trinajstić information content (AvgIpc) is 2.89. The summed E-state index contributed by atoms with van der Waals surface area (Å²) in [5.74, 6) is -1.60. The lowest BCUT2D eigenvalue weighted by Crippen LogP contribution is -2.51. The second-order valence-corrected chi connectivity index (χ2v) is 11.0. The molecule has 0 fully saturated rings. The van der Waals surface area contributed by atoms with E-state index in [2.05, 4.69) is 0 Å². The zero-order chi connectivity index (χ0) is 30.0. The molecule has 0 aliphatic rings. The van der Waals surface area contributed by atoms with Crippen LogP contribution in [0.1, 0.15) is 86.6 Å². The highest BCUT2D eigenvalue weighted by Gasteiger charge is 2.37. The molecule has 0 radical (unpaired) electrons. The van der Waals surface area contributed by atoms with Gasteiger partial charge >= 0.3 is 24.1 Å². The maximum absolute atomic E-state index is 12.9. The van der Waals surface area contributed by atoms with E-state index in [4.69, 9.17) is 29.4 Å². The van der Waals surface area contributed by atoms with Crippen molar-refractivity contribution in [1.82, 2.24) is 0 Å². The van der Waals surface area contributed by atoms with Crippen molar-refractivity contribution < 1.29 is 42.9 Å². The second-order valence-electron chi connectivity index (χ2n) is 11.0. The predicted molar refractivity (Wildman–Crippen MR) is 145 cm³/mol. The topological polar surface area (TPSA) is 140 Å². The Balaban J connectivity index is 3.29. The van der Waals surface area contributed by atoms with Crippen molar-refractivity contribution in [2.75, 3.05) is 13.7 Å². The van der Waals surface area contributed by atoms with Crippen molar-refractivity contribution >= 4 is 24.1 Å². The molecule has 0 unspecified atom stereocenters. The fraction of sp³-hybridized carbons (Fsp3) is 0.655. The molecule has 0 saturated carbocycles. The van der Waals surface area contributed by atoms with E-state index in [1.807, 2.05) is 20.8 Å². The molecule has 1 aromatic carbocycles. The summed E-state index contributed by atoms with van der Waals surface area (Å²) < 4.78 is 26.4. The van der Waals surface area contributed by atoms with Crippen LogP contribution in [0.4, 0.5) is 4.79 Å². The van der Waals surface area contributed by atoms with Crippen molar-refractivity contribution in [3.63, 3.8) is 0 Å². The van der Waals surface area contributed by atoms with E-state index >= 15 is 0 Å². The number of hydrogen-bond acceptors (Lipinski definition) is 10. The van der Waals surface area contributed by atoms with Gasteiger partial charge in [0.25, 0.3) is 0 Å². The van der Waals surface area contributed by atoms with Gasteiger partial charge in [-0.1, -0.05) is 26.8 Å². The standard InChI is InChI=1S/C29H45NO9/c1-10-19(4)37-26(34)36-16-15-29(30,25(33)35-9)18-20-13-14-21(38-23(31)27(5,6)11-2)22(17-20)39-24(32)28(7,8)12-3/h13-14,17,19H,10-12,15-16,18,30H2,1-9H3/t19-,29+/m0/s1. The van der Waals surface area contributed by atoms with Crippen molar-refractivity contribution in [3.8, 4) is 11.5 Å². The van der Waals surface area contributed by atoms with Gasteiger partial charge in [0.2, 0.25) is 0 Å². The molecule has 0 aromatic heterocycles. The Hall–Kier alpha value is -3.14. The first-order valence-corrected chi connectivity index (χ1v) is 13.3. The third-order valence-corrected chi connectivity index (χ3v) is 7.04. The summed E-state index contributed by atoms with van der Waals surface area (Å²) in [7, 11) is 1.21. The van der Waals surface area contributed by atoms with E-state index in [1.54, 1.807) is 40.7 Å². The minimum absolute atomic E-state index is 0.0277. The molecule has 0 heterocycles. The number of hydrogen-bond donors (Lipinski definition) is 1. The first-order chi connectivity index (χ1) is 18.0. The van der Waals surface area contributed by atoms with Crippen LogP contribution in [0.15, 0.2) is 18.2 Å². The number of carbonyl (C=O) groups excluding carboxylic acids is 4. The number of nitrogens with two attached hydrogens (primary N) is 1.